The molecule has 0 aromatic carbocycles. The van der Waals surface area contributed by atoms with Crippen LogP contribution in [0.3, 0.4) is 0 Å². The maximum absolute atomic E-state index is 11.7. The molecule has 0 heterocycles. The van der Waals surface area contributed by atoms with Crippen LogP contribution in [-0.4, -0.2) is 57.9 Å². The predicted octanol–water partition coefficient (Wildman–Crippen LogP) is 0.0688. The number of ether oxygens (including phenoxy) is 1. The molecule has 0 rings (SSSR count). The summed E-state index contributed by atoms with van der Waals surface area (Å²) in [6.07, 6.45) is 2.81. The Labute approximate surface area is 107 Å². The molecule has 0 fully saturated rings. The van der Waals surface area contributed by atoms with Gasteiger partial charge in [0.1, 0.15) is 0 Å². The van der Waals surface area contributed by atoms with Crippen molar-refractivity contribution in [1.29, 1.82) is 0 Å². The molecule has 0 saturated carbocycles. The van der Waals surface area contributed by atoms with Crippen LogP contribution in [0.25, 0.3) is 0 Å². The molecule has 0 bridgehead atoms. The quantitative estimate of drug-likeness (QED) is 0.479. The van der Waals surface area contributed by atoms with Gasteiger partial charge in [0.05, 0.1) is 13.5 Å². The van der Waals surface area contributed by atoms with Crippen LogP contribution < -0.4 is 4.72 Å². The molecule has 0 unspecified atom stereocenters. The highest BCUT2D eigenvalue weighted by molar-refractivity contribution is 7.98. The number of thioether (sulfide) groups is 1. The summed E-state index contributed by atoms with van der Waals surface area (Å²) in [5, 5.41) is 0. The number of nitrogens with zero attached hydrogens (tertiary/aromatic N) is 1. The fraction of sp³-hybridized carbons (Fsp3) is 0.889. The third-order valence-corrected chi connectivity index (χ3v) is 4.35. The number of carbonyl (C=O) groups is 1. The lowest BCUT2D eigenvalue weighted by atomic mass is 10.4. The molecule has 0 aliphatic rings. The van der Waals surface area contributed by atoms with Gasteiger partial charge in [-0.3, -0.25) is 4.79 Å². The van der Waals surface area contributed by atoms with Gasteiger partial charge in [0.25, 0.3) is 10.2 Å². The highest BCUT2D eigenvalue weighted by Crippen LogP contribution is 1.99. The lowest BCUT2D eigenvalue weighted by Gasteiger charge is -2.16. The van der Waals surface area contributed by atoms with Crippen molar-refractivity contribution in [3.63, 3.8) is 0 Å². The molecule has 0 aliphatic heterocycles. The predicted molar refractivity (Wildman–Crippen MR) is 69.2 cm³/mol. The summed E-state index contributed by atoms with van der Waals surface area (Å²) in [7, 11) is -0.773. The van der Waals surface area contributed by atoms with E-state index in [2.05, 4.69) is 9.46 Å². The minimum atomic E-state index is -3.48. The Morgan fingerprint density at radius 2 is 2.12 bits per heavy atom. The zero-order chi connectivity index (χ0) is 13.3. The maximum Gasteiger partial charge on any atom is 0.306 e. The topological polar surface area (TPSA) is 75.7 Å². The maximum atomic E-state index is 11.7. The van der Waals surface area contributed by atoms with Crippen molar-refractivity contribution in [2.45, 2.75) is 12.8 Å². The van der Waals surface area contributed by atoms with Gasteiger partial charge in [-0.15, -0.1) is 0 Å². The van der Waals surface area contributed by atoms with Crippen molar-refractivity contribution >= 4 is 27.9 Å². The Balaban J connectivity index is 3.99. The number of esters is 1. The summed E-state index contributed by atoms with van der Waals surface area (Å²) in [6.45, 7) is 0.524. The average Bonchev–Trinajstić information content (AvgIpc) is 2.31. The first-order valence-electron chi connectivity index (χ1n) is 5.20. The molecule has 0 amide bonds. The second kappa shape index (κ2) is 8.73. The van der Waals surface area contributed by atoms with Crippen LogP contribution in [0.2, 0.25) is 0 Å². The van der Waals surface area contributed by atoms with Gasteiger partial charge in [-0.1, -0.05) is 0 Å². The molecule has 8 heteroatoms. The first kappa shape index (κ1) is 16.7. The van der Waals surface area contributed by atoms with Crippen molar-refractivity contribution in [1.82, 2.24) is 9.03 Å². The number of hydrogen-bond donors (Lipinski definition) is 1. The molecule has 0 spiro atoms. The van der Waals surface area contributed by atoms with Crippen LogP contribution in [0.1, 0.15) is 12.8 Å². The summed E-state index contributed by atoms with van der Waals surface area (Å²) in [6, 6.07) is 0. The van der Waals surface area contributed by atoms with Crippen molar-refractivity contribution in [3.8, 4) is 0 Å². The largest absolute Gasteiger partial charge is 0.469 e. The van der Waals surface area contributed by atoms with E-state index < -0.39 is 16.2 Å². The monoisotopic (exact) mass is 284 g/mol. The SMILES string of the molecule is COC(=O)CCN(C)S(=O)(=O)NCCCSC. The van der Waals surface area contributed by atoms with Gasteiger partial charge >= 0.3 is 5.97 Å². The zero-order valence-electron chi connectivity index (χ0n) is 10.4. The molecule has 102 valence electrons. The van der Waals surface area contributed by atoms with Crippen molar-refractivity contribution in [2.75, 3.05) is 39.3 Å². The van der Waals surface area contributed by atoms with E-state index in [4.69, 9.17) is 0 Å². The molecule has 0 atom stereocenters. The molecular formula is C9H20N2O4S2. The second-order valence-electron chi connectivity index (χ2n) is 3.39. The summed E-state index contributed by atoms with van der Waals surface area (Å²) in [5.41, 5.74) is 0. The van der Waals surface area contributed by atoms with E-state index in [-0.39, 0.29) is 13.0 Å². The van der Waals surface area contributed by atoms with Gasteiger partial charge in [0.2, 0.25) is 0 Å². The van der Waals surface area contributed by atoms with E-state index in [1.807, 2.05) is 6.26 Å². The van der Waals surface area contributed by atoms with Gasteiger partial charge < -0.3 is 4.74 Å². The van der Waals surface area contributed by atoms with Gasteiger partial charge in [-0.05, 0) is 18.4 Å². The number of carbonyl (C=O) groups excluding carboxylic acids is 1. The third kappa shape index (κ3) is 7.58. The Morgan fingerprint density at radius 1 is 1.47 bits per heavy atom. The molecule has 0 aromatic heterocycles. The van der Waals surface area contributed by atoms with Crippen LogP contribution in [0.15, 0.2) is 0 Å². The van der Waals surface area contributed by atoms with Crippen LogP contribution in [0, 0.1) is 0 Å². The van der Waals surface area contributed by atoms with E-state index in [1.165, 1.54) is 14.2 Å². The third-order valence-electron chi connectivity index (χ3n) is 2.08. The number of hydrogen-bond acceptors (Lipinski definition) is 5. The van der Waals surface area contributed by atoms with Crippen LogP contribution >= 0.6 is 11.8 Å². The van der Waals surface area contributed by atoms with E-state index in [1.54, 1.807) is 11.8 Å². The lowest BCUT2D eigenvalue weighted by Crippen LogP contribution is -2.39. The van der Waals surface area contributed by atoms with Crippen molar-refractivity contribution in [2.24, 2.45) is 0 Å². The zero-order valence-corrected chi connectivity index (χ0v) is 12.1. The smallest absolute Gasteiger partial charge is 0.306 e. The van der Waals surface area contributed by atoms with Crippen molar-refractivity contribution in [3.05, 3.63) is 0 Å². The molecule has 6 nitrogen and oxygen atoms in total. The molecule has 0 radical (unpaired) electrons. The molecular weight excluding hydrogens is 264 g/mol. The lowest BCUT2D eigenvalue weighted by molar-refractivity contribution is -0.140. The molecule has 1 N–H and O–H groups in total. The first-order chi connectivity index (χ1) is 7.94. The van der Waals surface area contributed by atoms with E-state index in [0.29, 0.717) is 6.54 Å². The summed E-state index contributed by atoms with van der Waals surface area (Å²) in [4.78, 5) is 10.9. The minimum Gasteiger partial charge on any atom is -0.469 e. The Morgan fingerprint density at radius 3 is 2.65 bits per heavy atom. The molecule has 17 heavy (non-hydrogen) atoms. The summed E-state index contributed by atoms with van der Waals surface area (Å²) < 4.78 is 31.3. The normalized spacial score (nSPS) is 11.8. The van der Waals surface area contributed by atoms with Crippen LogP contribution in [-0.2, 0) is 19.7 Å². The number of methoxy groups -OCH3 is 1. The standard InChI is InChI=1S/C9H20N2O4S2/c1-11(7-5-9(12)15-2)17(13,14)10-6-4-8-16-3/h10H,4-8H2,1-3H3. The van der Waals surface area contributed by atoms with E-state index in [9.17, 15) is 13.2 Å². The second-order valence-corrected chi connectivity index (χ2v) is 6.24. The van der Waals surface area contributed by atoms with Crippen LogP contribution in [0.5, 0.6) is 0 Å². The average molecular weight is 284 g/mol. The molecule has 0 aromatic rings. The van der Waals surface area contributed by atoms with Crippen molar-refractivity contribution < 1.29 is 17.9 Å². The summed E-state index contributed by atoms with van der Waals surface area (Å²) >= 11 is 1.67. The Kier molecular flexibility index (Phi) is 8.57. The van der Waals surface area contributed by atoms with E-state index >= 15 is 0 Å². The highest BCUT2D eigenvalue weighted by Gasteiger charge is 2.17. The molecule has 0 aliphatic carbocycles. The number of rotatable bonds is 9. The Hall–Kier alpha value is -0.310. The van der Waals surface area contributed by atoms with Crippen LogP contribution in [0.4, 0.5) is 0 Å². The summed E-state index contributed by atoms with van der Waals surface area (Å²) in [5.74, 6) is 0.489. The minimum absolute atomic E-state index is 0.0543. The van der Waals surface area contributed by atoms with Gasteiger partial charge in [0.15, 0.2) is 0 Å². The van der Waals surface area contributed by atoms with Gasteiger partial charge in [-0.2, -0.15) is 24.5 Å². The first-order valence-corrected chi connectivity index (χ1v) is 8.04. The fourth-order valence-corrected chi connectivity index (χ4v) is 2.39. The number of nitrogens with one attached hydrogen (secondary N) is 1. The van der Waals surface area contributed by atoms with E-state index in [0.717, 1.165) is 16.5 Å². The molecule has 0 saturated heterocycles. The van der Waals surface area contributed by atoms with Gasteiger partial charge in [0, 0.05) is 20.1 Å². The Bertz CT molecular complexity index is 319. The fourth-order valence-electron chi connectivity index (χ4n) is 0.999. The van der Waals surface area contributed by atoms with Gasteiger partial charge in [-0.25, -0.2) is 4.72 Å². The highest BCUT2D eigenvalue weighted by atomic mass is 32.2.